The highest BCUT2D eigenvalue weighted by Crippen LogP contribution is 2.66. The molecule has 0 radical (unpaired) electrons. The van der Waals surface area contributed by atoms with Crippen molar-refractivity contribution in [3.63, 3.8) is 0 Å². The number of aliphatic hydroxyl groups excluding tert-OH is 1. The van der Waals surface area contributed by atoms with Gasteiger partial charge in [0.25, 0.3) is 0 Å². The third-order valence-electron chi connectivity index (χ3n) is 9.46. The smallest absolute Gasteiger partial charge is 0.409 e. The Morgan fingerprint density at radius 1 is 1.08 bits per heavy atom. The molecule has 3 saturated carbocycles. The Kier molecular flexibility index (Phi) is 4.16. The second-order valence-electron chi connectivity index (χ2n) is 10.5. The van der Waals surface area contributed by atoms with Gasteiger partial charge in [0.2, 0.25) is 0 Å². The van der Waals surface area contributed by atoms with Crippen molar-refractivity contribution < 1.29 is 14.4 Å². The molecule has 0 spiro atoms. The molecule has 3 unspecified atom stereocenters. The molecule has 0 aromatic carbocycles. The minimum atomic E-state index is -0.0999. The first-order valence-corrected chi connectivity index (χ1v) is 11.1. The molecule has 26 heavy (non-hydrogen) atoms. The lowest BCUT2D eigenvalue weighted by Gasteiger charge is -2.58. The van der Waals surface area contributed by atoms with E-state index in [2.05, 4.69) is 19.9 Å². The first-order valence-electron chi connectivity index (χ1n) is 11.1. The summed E-state index contributed by atoms with van der Waals surface area (Å²) in [4.78, 5) is 0. The summed E-state index contributed by atoms with van der Waals surface area (Å²) in [6, 6.07) is 0. The molecule has 1 aliphatic heterocycles. The number of hydrogen-bond acceptors (Lipinski definition) is 3. The zero-order valence-electron chi connectivity index (χ0n) is 16.7. The van der Waals surface area contributed by atoms with Crippen molar-refractivity contribution in [1.82, 2.24) is 0 Å². The molecule has 0 bridgehead atoms. The summed E-state index contributed by atoms with van der Waals surface area (Å²) in [7, 11) is -0.0215. The quantitative estimate of drug-likeness (QED) is 0.556. The summed E-state index contributed by atoms with van der Waals surface area (Å²) < 4.78 is 11.9. The average Bonchev–Trinajstić information content (AvgIpc) is 3.18. The van der Waals surface area contributed by atoms with Crippen LogP contribution in [0.1, 0.15) is 65.2 Å². The first kappa shape index (κ1) is 17.8. The standard InChI is InChI=1S/C22H35BO3/c1-21-10-8-15(24)12-14(21)4-5-16-17-6-7-19(20-13-25-23(3)26-20)22(17,2)11-9-18(16)21/h4,15-20,24H,5-13H2,1-3H3/t15-,16?,17?,18?,19+,20-,21-,22-/m0/s1. The van der Waals surface area contributed by atoms with Crippen LogP contribution >= 0.6 is 0 Å². The Balaban J connectivity index is 1.41. The van der Waals surface area contributed by atoms with E-state index in [1.54, 1.807) is 5.57 Å². The van der Waals surface area contributed by atoms with Crippen LogP contribution in [0.2, 0.25) is 6.82 Å². The lowest BCUT2D eigenvalue weighted by atomic mass is 9.47. The molecule has 4 heteroatoms. The molecule has 5 aliphatic rings. The molecule has 8 atom stereocenters. The number of allylic oxidation sites excluding steroid dienone is 1. The van der Waals surface area contributed by atoms with E-state index in [-0.39, 0.29) is 13.2 Å². The van der Waals surface area contributed by atoms with Gasteiger partial charge >= 0.3 is 7.12 Å². The SMILES string of the molecule is CB1OC[C@@H]([C@H]2CCC3C4CC=C5C[C@@H](O)CC[C@]5(C)C4CC[C@@]32C)O1. The third kappa shape index (κ3) is 2.44. The van der Waals surface area contributed by atoms with Gasteiger partial charge in [0.1, 0.15) is 0 Å². The summed E-state index contributed by atoms with van der Waals surface area (Å²) in [5.41, 5.74) is 2.36. The van der Waals surface area contributed by atoms with E-state index in [1.165, 1.54) is 38.5 Å². The number of aliphatic hydroxyl groups is 1. The van der Waals surface area contributed by atoms with Crippen LogP contribution in [0.4, 0.5) is 0 Å². The van der Waals surface area contributed by atoms with Crippen molar-refractivity contribution in [2.45, 2.75) is 84.2 Å². The van der Waals surface area contributed by atoms with Crippen LogP contribution in [0.15, 0.2) is 11.6 Å². The molecular formula is C22H35BO3. The maximum atomic E-state index is 10.2. The largest absolute Gasteiger partial charge is 0.453 e. The summed E-state index contributed by atoms with van der Waals surface area (Å²) in [6.07, 6.45) is 12.5. The highest BCUT2D eigenvalue weighted by molar-refractivity contribution is 6.43. The predicted octanol–water partition coefficient (Wildman–Crippen LogP) is 4.46. The Morgan fingerprint density at radius 2 is 1.88 bits per heavy atom. The summed E-state index contributed by atoms with van der Waals surface area (Å²) in [6.45, 7) is 7.93. The van der Waals surface area contributed by atoms with Gasteiger partial charge in [-0.05, 0) is 92.7 Å². The lowest BCUT2D eigenvalue weighted by Crippen LogP contribution is -2.51. The van der Waals surface area contributed by atoms with Gasteiger partial charge < -0.3 is 14.4 Å². The minimum Gasteiger partial charge on any atom is -0.409 e. The zero-order chi connectivity index (χ0) is 18.1. The summed E-state index contributed by atoms with van der Waals surface area (Å²) in [5.74, 6) is 3.17. The van der Waals surface area contributed by atoms with Gasteiger partial charge in [-0.1, -0.05) is 25.5 Å². The maximum absolute atomic E-state index is 10.2. The van der Waals surface area contributed by atoms with Crippen LogP contribution in [-0.4, -0.2) is 31.0 Å². The molecule has 1 saturated heterocycles. The van der Waals surface area contributed by atoms with Gasteiger partial charge in [-0.15, -0.1) is 0 Å². The van der Waals surface area contributed by atoms with Gasteiger partial charge in [0.15, 0.2) is 0 Å². The van der Waals surface area contributed by atoms with Gasteiger partial charge in [-0.25, -0.2) is 0 Å². The van der Waals surface area contributed by atoms with Gasteiger partial charge in [0.05, 0.1) is 18.8 Å². The van der Waals surface area contributed by atoms with Crippen LogP contribution in [0.25, 0.3) is 0 Å². The van der Waals surface area contributed by atoms with Crippen molar-refractivity contribution >= 4 is 7.12 Å². The molecule has 4 fully saturated rings. The van der Waals surface area contributed by atoms with E-state index in [0.717, 1.165) is 37.2 Å². The second kappa shape index (κ2) is 6.09. The lowest BCUT2D eigenvalue weighted by molar-refractivity contribution is -0.0645. The van der Waals surface area contributed by atoms with Crippen molar-refractivity contribution in [1.29, 1.82) is 0 Å². The Labute approximate surface area is 159 Å². The normalized spacial score (nSPS) is 53.7. The molecule has 5 rings (SSSR count). The molecule has 0 aromatic heterocycles. The van der Waals surface area contributed by atoms with E-state index in [0.29, 0.717) is 22.9 Å². The molecule has 4 aliphatic carbocycles. The average molecular weight is 358 g/mol. The molecule has 1 heterocycles. The first-order chi connectivity index (χ1) is 12.4. The topological polar surface area (TPSA) is 38.7 Å². The van der Waals surface area contributed by atoms with E-state index < -0.39 is 0 Å². The van der Waals surface area contributed by atoms with E-state index >= 15 is 0 Å². The van der Waals surface area contributed by atoms with E-state index in [4.69, 9.17) is 9.31 Å². The fourth-order valence-corrected chi connectivity index (χ4v) is 8.06. The second-order valence-corrected chi connectivity index (χ2v) is 10.5. The maximum Gasteiger partial charge on any atom is 0.453 e. The number of rotatable bonds is 1. The molecule has 1 N–H and O–H groups in total. The molecule has 144 valence electrons. The van der Waals surface area contributed by atoms with Gasteiger partial charge in [-0.2, -0.15) is 0 Å². The van der Waals surface area contributed by atoms with E-state index in [1.807, 2.05) is 6.82 Å². The highest BCUT2D eigenvalue weighted by atomic mass is 16.6. The van der Waals surface area contributed by atoms with Crippen LogP contribution in [0.3, 0.4) is 0 Å². The monoisotopic (exact) mass is 358 g/mol. The van der Waals surface area contributed by atoms with Crippen molar-refractivity contribution in [2.24, 2.45) is 34.5 Å². The molecule has 3 nitrogen and oxygen atoms in total. The van der Waals surface area contributed by atoms with Gasteiger partial charge in [0, 0.05) is 0 Å². The molecular weight excluding hydrogens is 323 g/mol. The fraction of sp³-hybridized carbons (Fsp3) is 0.909. The minimum absolute atomic E-state index is 0.0215. The zero-order valence-corrected chi connectivity index (χ0v) is 16.7. The van der Waals surface area contributed by atoms with Crippen LogP contribution < -0.4 is 0 Å². The highest BCUT2D eigenvalue weighted by Gasteiger charge is 2.60. The van der Waals surface area contributed by atoms with Gasteiger partial charge in [-0.3, -0.25) is 0 Å². The Hall–Kier alpha value is -0.315. The predicted molar refractivity (Wildman–Crippen MR) is 104 cm³/mol. The van der Waals surface area contributed by atoms with Crippen LogP contribution in [-0.2, 0) is 9.31 Å². The summed E-state index contributed by atoms with van der Waals surface area (Å²) >= 11 is 0. The van der Waals surface area contributed by atoms with Crippen molar-refractivity contribution in [2.75, 3.05) is 6.61 Å². The fourth-order valence-electron chi connectivity index (χ4n) is 8.06. The Morgan fingerprint density at radius 3 is 2.65 bits per heavy atom. The van der Waals surface area contributed by atoms with Crippen LogP contribution in [0, 0.1) is 34.5 Å². The molecule has 0 aromatic rings. The third-order valence-corrected chi connectivity index (χ3v) is 9.46. The van der Waals surface area contributed by atoms with Crippen LogP contribution in [0.5, 0.6) is 0 Å². The van der Waals surface area contributed by atoms with Crippen molar-refractivity contribution in [3.8, 4) is 0 Å². The summed E-state index contributed by atoms with van der Waals surface area (Å²) in [5, 5.41) is 10.2. The Bertz CT molecular complexity index is 606. The van der Waals surface area contributed by atoms with E-state index in [9.17, 15) is 5.11 Å². The molecule has 0 amide bonds. The number of hydrogen-bond donors (Lipinski definition) is 1. The van der Waals surface area contributed by atoms with Crippen molar-refractivity contribution in [3.05, 3.63) is 11.6 Å². The number of fused-ring (bicyclic) bond motifs is 5.